The molecule has 12 heteroatoms. The number of fused-ring (bicyclic) bond motifs is 21. The Morgan fingerprint density at radius 3 is 0.733 bits per heavy atom. The van der Waals surface area contributed by atoms with Gasteiger partial charge in [0.1, 0.15) is 22.3 Å². The molecule has 6 aliphatic rings. The van der Waals surface area contributed by atoms with Gasteiger partial charge < -0.3 is 42.7 Å². The van der Waals surface area contributed by atoms with Gasteiger partial charge in [0.25, 0.3) is 20.1 Å². The number of furan rings is 3. The number of para-hydroxylation sites is 14. The maximum atomic E-state index is 6.62. The summed E-state index contributed by atoms with van der Waals surface area (Å²) in [6.45, 7) is 0.405. The van der Waals surface area contributed by atoms with Crippen molar-refractivity contribution in [2.45, 2.75) is 0 Å². The summed E-state index contributed by atoms with van der Waals surface area (Å²) in [5.74, 6) is 0. The summed E-state index contributed by atoms with van der Waals surface area (Å²) in [7, 11) is 0. The van der Waals surface area contributed by atoms with Gasteiger partial charge in [0, 0.05) is 123 Å². The van der Waals surface area contributed by atoms with E-state index in [0.717, 1.165) is 106 Å². The first-order chi connectivity index (χ1) is 59.6. The van der Waals surface area contributed by atoms with Crippen molar-refractivity contribution >= 4 is 237 Å². The van der Waals surface area contributed by atoms with Crippen molar-refractivity contribution in [3.63, 3.8) is 0 Å². The largest absolute Gasteiger partial charge is 0.456 e. The second kappa shape index (κ2) is 27.0. The maximum absolute atomic E-state index is 6.62. The van der Waals surface area contributed by atoms with Gasteiger partial charge in [0.05, 0.1) is 11.4 Å². The first-order valence-electron chi connectivity index (χ1n) is 41.2. The van der Waals surface area contributed by atoms with Gasteiger partial charge in [-0.3, -0.25) is 0 Å². The van der Waals surface area contributed by atoms with Crippen LogP contribution in [-0.2, 0) is 0 Å². The van der Waals surface area contributed by atoms with Crippen LogP contribution in [0.5, 0.6) is 0 Å². The first-order valence-corrected chi connectivity index (χ1v) is 41.2. The second-order valence-electron chi connectivity index (χ2n) is 31.6. The van der Waals surface area contributed by atoms with Gasteiger partial charge in [0.2, 0.25) is 0 Å². The van der Waals surface area contributed by atoms with Gasteiger partial charge in [-0.2, -0.15) is 0 Å². The SMILES string of the molecule is c1ccc(N2c3ccccc3B3c4ccccc4N(c4ccc5oc6ccccc6c5c4)c4cccc2c43)cc1.c1ccc(N2c3ccccc3B3c4ccccc4N(c4ccccc4)c4cccc2c43)cc1.c1ccc2c(c1)B1c3ccccc3N(c3cccc4c3oc3ccccc34)c3cccc(c31)N2c1cccc2c1oc1ccccc12. The lowest BCUT2D eigenvalue weighted by atomic mass is 9.33. The van der Waals surface area contributed by atoms with E-state index in [-0.39, 0.29) is 20.1 Å². The smallest absolute Gasteiger partial charge is 0.252 e. The van der Waals surface area contributed by atoms with E-state index in [4.69, 9.17) is 13.3 Å². The minimum Gasteiger partial charge on any atom is -0.456 e. The van der Waals surface area contributed by atoms with Crippen molar-refractivity contribution in [3.05, 3.63) is 419 Å². The van der Waals surface area contributed by atoms with Crippen molar-refractivity contribution in [2.24, 2.45) is 0 Å². The maximum Gasteiger partial charge on any atom is 0.252 e. The Morgan fingerprint density at radius 1 is 0.150 bits per heavy atom. The number of rotatable bonds is 6. The van der Waals surface area contributed by atoms with E-state index < -0.39 is 0 Å². The fraction of sp³-hybridized carbons (Fsp3) is 0. The summed E-state index contributed by atoms with van der Waals surface area (Å²) in [6.07, 6.45) is 0. The van der Waals surface area contributed by atoms with Crippen LogP contribution in [0.1, 0.15) is 0 Å². The molecule has 120 heavy (non-hydrogen) atoms. The van der Waals surface area contributed by atoms with E-state index in [0.29, 0.717) is 0 Å². The van der Waals surface area contributed by atoms with Crippen molar-refractivity contribution in [3.8, 4) is 0 Å². The first kappa shape index (κ1) is 67.7. The van der Waals surface area contributed by atoms with Crippen LogP contribution in [0.15, 0.2) is 432 Å². The predicted molar refractivity (Wildman–Crippen MR) is 503 cm³/mol. The average molecular weight is 1530 g/mol. The Hall–Kier alpha value is -15.6. The summed E-state index contributed by atoms with van der Waals surface area (Å²) >= 11 is 0. The molecule has 6 aliphatic heterocycles. The van der Waals surface area contributed by atoms with Crippen molar-refractivity contribution in [2.75, 3.05) is 29.4 Å². The van der Waals surface area contributed by atoms with Gasteiger partial charge in [-0.15, -0.1) is 0 Å². The van der Waals surface area contributed by atoms with Crippen LogP contribution in [-0.4, -0.2) is 20.1 Å². The van der Waals surface area contributed by atoms with E-state index in [1.54, 1.807) is 0 Å². The standard InChI is InChI=1S/C42H25BN2O2.C36H23BN2O.C30H21BN2/c1-7-24-38-26(12-1)28-14-9-22-36(41(28)46-38)44-32-18-5-3-16-30(32)43-31-17-4-6-19-33(31)45(35-21-11-20-34(44)40(35)43)37-23-10-15-29-27-13-2-8-25-39(27)47-42(29)37;1-2-11-24(12-3-1)38-30-16-7-5-14-28(30)37-29-15-6-8-17-31(29)39(33-19-10-18-32(38)36(33)37)25-21-22-35-27(23-25)26-13-4-9-20-34(26)40-35;1-3-12-22(13-4-1)32-26-18-9-7-16-24(26)31-25-17-8-10-19-27(25)33(23-14-5-2-6-15-23)29-21-11-20-28(32)30(29)31/h1-25H;1-23H;1-21H. The lowest BCUT2D eigenvalue weighted by molar-refractivity contribution is 0.668. The van der Waals surface area contributed by atoms with Crippen molar-refractivity contribution in [1.82, 2.24) is 0 Å². The highest BCUT2D eigenvalue weighted by molar-refractivity contribution is 7.02. The molecular formula is C108H69B3N6O3. The molecule has 0 radical (unpaired) electrons. The molecule has 0 saturated carbocycles. The average Bonchev–Trinajstić information content (AvgIpc) is 1.15. The Bertz CT molecular complexity index is 7450. The zero-order valence-electron chi connectivity index (χ0n) is 65.0. The van der Waals surface area contributed by atoms with Crippen LogP contribution in [0.2, 0.25) is 0 Å². The number of nitrogens with zero attached hydrogens (tertiary/aromatic N) is 6. The normalized spacial score (nSPS) is 13.3. The molecule has 0 unspecified atom stereocenters. The summed E-state index contributed by atoms with van der Waals surface area (Å²) in [4.78, 5) is 14.5. The zero-order valence-corrected chi connectivity index (χ0v) is 65.0. The molecule has 0 amide bonds. The lowest BCUT2D eigenvalue weighted by Crippen LogP contribution is -2.61. The van der Waals surface area contributed by atoms with E-state index in [2.05, 4.69) is 424 Å². The van der Waals surface area contributed by atoms with Crippen LogP contribution >= 0.6 is 0 Å². The molecule has 558 valence electrons. The fourth-order valence-electron chi connectivity index (χ4n) is 20.5. The fourth-order valence-corrected chi connectivity index (χ4v) is 20.5. The highest BCUT2D eigenvalue weighted by Gasteiger charge is 2.47. The van der Waals surface area contributed by atoms with Gasteiger partial charge >= 0.3 is 0 Å². The Kier molecular flexibility index (Phi) is 15.2. The number of anilines is 18. The van der Waals surface area contributed by atoms with Crippen LogP contribution in [0.3, 0.4) is 0 Å². The monoisotopic (exact) mass is 1530 g/mol. The van der Waals surface area contributed by atoms with Gasteiger partial charge in [-0.05, 0) is 207 Å². The highest BCUT2D eigenvalue weighted by Crippen LogP contribution is 2.51. The highest BCUT2D eigenvalue weighted by atomic mass is 16.3. The third-order valence-corrected chi connectivity index (χ3v) is 25.3. The van der Waals surface area contributed by atoms with Crippen LogP contribution < -0.4 is 78.6 Å². The summed E-state index contributed by atoms with van der Waals surface area (Å²) in [6, 6.07) is 150. The third kappa shape index (κ3) is 10.1. The molecule has 18 aromatic carbocycles. The molecule has 0 aliphatic carbocycles. The number of benzene rings is 18. The number of hydrogen-bond donors (Lipinski definition) is 0. The van der Waals surface area contributed by atoms with Gasteiger partial charge in [-0.1, -0.05) is 261 Å². The van der Waals surface area contributed by atoms with Crippen molar-refractivity contribution in [1.29, 1.82) is 0 Å². The Labute approximate surface area is 694 Å². The molecule has 3 aromatic heterocycles. The van der Waals surface area contributed by atoms with Gasteiger partial charge in [0.15, 0.2) is 11.2 Å². The van der Waals surface area contributed by atoms with Crippen LogP contribution in [0, 0.1) is 0 Å². The molecule has 0 spiro atoms. The molecule has 0 bridgehead atoms. The molecular weight excluding hydrogens is 1460 g/mol. The number of hydrogen-bond acceptors (Lipinski definition) is 9. The Morgan fingerprint density at radius 2 is 0.383 bits per heavy atom. The molecule has 9 nitrogen and oxygen atoms in total. The Balaban J connectivity index is 0.000000101. The molecule has 0 fully saturated rings. The molecule has 21 aromatic rings. The summed E-state index contributed by atoms with van der Waals surface area (Å²) in [5.41, 5.74) is 38.5. The quantitative estimate of drug-likeness (QED) is 0.152. The van der Waals surface area contributed by atoms with E-state index in [1.165, 1.54) is 112 Å². The van der Waals surface area contributed by atoms with Crippen LogP contribution in [0.4, 0.5) is 102 Å². The van der Waals surface area contributed by atoms with E-state index in [9.17, 15) is 0 Å². The molecule has 0 saturated heterocycles. The lowest BCUT2D eigenvalue weighted by Gasteiger charge is -2.44. The molecule has 27 rings (SSSR count). The minimum atomic E-state index is 0.0610. The van der Waals surface area contributed by atoms with Gasteiger partial charge in [-0.25, -0.2) is 0 Å². The van der Waals surface area contributed by atoms with Crippen molar-refractivity contribution < 1.29 is 13.3 Å². The minimum absolute atomic E-state index is 0.0610. The topological polar surface area (TPSA) is 58.9 Å². The predicted octanol–water partition coefficient (Wildman–Crippen LogP) is 23.0. The third-order valence-electron chi connectivity index (χ3n) is 25.3. The summed E-state index contributed by atoms with van der Waals surface area (Å²) in [5, 5.41) is 6.76. The molecule has 0 atom stereocenters. The summed E-state index contributed by atoms with van der Waals surface area (Å²) < 4.78 is 19.4. The second-order valence-corrected chi connectivity index (χ2v) is 31.6. The zero-order chi connectivity index (χ0) is 78.6. The molecule has 0 N–H and O–H groups in total. The van der Waals surface area contributed by atoms with E-state index in [1.807, 2.05) is 24.3 Å². The van der Waals surface area contributed by atoms with E-state index >= 15 is 0 Å². The van der Waals surface area contributed by atoms with Crippen LogP contribution in [0.25, 0.3) is 65.8 Å². The molecule has 9 heterocycles.